The molecule has 0 aliphatic heterocycles. The molecular weight excluding hydrogens is 294 g/mol. The highest BCUT2D eigenvalue weighted by atomic mass is 16.6. The van der Waals surface area contributed by atoms with Gasteiger partial charge in [-0.3, -0.25) is 4.79 Å². The molecule has 2 aromatic rings. The maximum atomic E-state index is 11.9. The normalized spacial score (nSPS) is 10.8. The molecule has 0 aliphatic rings. The average molecular weight is 313 g/mol. The Morgan fingerprint density at radius 3 is 2.83 bits per heavy atom. The molecule has 2 rings (SSSR count). The molecule has 23 heavy (non-hydrogen) atoms. The molecule has 0 spiro atoms. The van der Waals surface area contributed by atoms with Crippen LogP contribution in [0.1, 0.15) is 32.2 Å². The largest absolute Gasteiger partial charge is 0.444 e. The van der Waals surface area contributed by atoms with Crippen LogP contribution in [-0.4, -0.2) is 28.2 Å². The molecule has 0 saturated carbocycles. The smallest absolute Gasteiger partial charge is 0.408 e. The number of benzene rings is 1. The molecule has 1 aromatic heterocycles. The molecule has 0 aliphatic carbocycles. The summed E-state index contributed by atoms with van der Waals surface area (Å²) in [5.41, 5.74) is 0.577. The van der Waals surface area contributed by atoms with E-state index in [9.17, 15) is 9.59 Å². The second-order valence-electron chi connectivity index (χ2n) is 6.04. The number of aromatic amines is 1. The molecule has 2 N–H and O–H groups in total. The predicted octanol–water partition coefficient (Wildman–Crippen LogP) is 2.11. The minimum Gasteiger partial charge on any atom is -0.444 e. The number of aryl methyl sites for hydroxylation is 1. The molecule has 6 heteroatoms. The van der Waals surface area contributed by atoms with Crippen LogP contribution in [0.15, 0.2) is 23.0 Å². The molecule has 0 atom stereocenters. The van der Waals surface area contributed by atoms with Crippen LogP contribution in [0.3, 0.4) is 0 Å². The van der Waals surface area contributed by atoms with Crippen LogP contribution >= 0.6 is 0 Å². The molecule has 1 aromatic carbocycles. The number of hydrogen-bond donors (Lipinski definition) is 2. The Labute approximate surface area is 134 Å². The monoisotopic (exact) mass is 313 g/mol. The molecule has 1 heterocycles. The Morgan fingerprint density at radius 2 is 2.13 bits per heavy atom. The number of ether oxygens (including phenoxy) is 1. The van der Waals surface area contributed by atoms with Gasteiger partial charge in [-0.2, -0.15) is 0 Å². The fourth-order valence-electron chi connectivity index (χ4n) is 1.91. The number of alkyl carbamates (subject to hydrolysis) is 1. The Hall–Kier alpha value is -2.81. The van der Waals surface area contributed by atoms with E-state index >= 15 is 0 Å². The van der Waals surface area contributed by atoms with Crippen molar-refractivity contribution < 1.29 is 9.53 Å². The second-order valence-corrected chi connectivity index (χ2v) is 6.04. The summed E-state index contributed by atoms with van der Waals surface area (Å²) in [6.07, 6.45) is -0.513. The van der Waals surface area contributed by atoms with E-state index in [1.54, 1.807) is 45.9 Å². The van der Waals surface area contributed by atoms with Gasteiger partial charge < -0.3 is 15.0 Å². The van der Waals surface area contributed by atoms with Crippen LogP contribution in [0.25, 0.3) is 10.9 Å². The van der Waals surface area contributed by atoms with Gasteiger partial charge in [-0.1, -0.05) is 11.8 Å². The van der Waals surface area contributed by atoms with Crippen molar-refractivity contribution >= 4 is 17.0 Å². The molecular formula is C17H19N3O3. The van der Waals surface area contributed by atoms with Gasteiger partial charge in [-0.25, -0.2) is 9.78 Å². The van der Waals surface area contributed by atoms with E-state index in [1.165, 1.54) is 0 Å². The topological polar surface area (TPSA) is 84.1 Å². The minimum absolute atomic E-state index is 0.162. The Bertz CT molecular complexity index is 851. The van der Waals surface area contributed by atoms with Crippen molar-refractivity contribution in [1.29, 1.82) is 0 Å². The van der Waals surface area contributed by atoms with Crippen LogP contribution < -0.4 is 10.9 Å². The van der Waals surface area contributed by atoms with Gasteiger partial charge in [0.05, 0.1) is 17.4 Å². The highest BCUT2D eigenvalue weighted by Crippen LogP contribution is 2.09. The first-order chi connectivity index (χ1) is 10.7. The van der Waals surface area contributed by atoms with Gasteiger partial charge >= 0.3 is 6.09 Å². The van der Waals surface area contributed by atoms with Crippen LogP contribution in [0.2, 0.25) is 0 Å². The minimum atomic E-state index is -0.540. The lowest BCUT2D eigenvalue weighted by Crippen LogP contribution is -2.32. The number of hydrogen-bond acceptors (Lipinski definition) is 4. The van der Waals surface area contributed by atoms with Gasteiger partial charge in [0, 0.05) is 5.56 Å². The van der Waals surface area contributed by atoms with Gasteiger partial charge in [0.15, 0.2) is 0 Å². The summed E-state index contributed by atoms with van der Waals surface area (Å²) < 4.78 is 5.10. The first-order valence-electron chi connectivity index (χ1n) is 7.21. The van der Waals surface area contributed by atoms with Crippen LogP contribution in [-0.2, 0) is 4.74 Å². The first-order valence-corrected chi connectivity index (χ1v) is 7.21. The third-order valence-electron chi connectivity index (χ3n) is 2.78. The maximum absolute atomic E-state index is 11.9. The lowest BCUT2D eigenvalue weighted by molar-refractivity contribution is 0.0535. The van der Waals surface area contributed by atoms with Crippen molar-refractivity contribution in [1.82, 2.24) is 15.3 Å². The summed E-state index contributed by atoms with van der Waals surface area (Å²) in [4.78, 5) is 30.3. The summed E-state index contributed by atoms with van der Waals surface area (Å²) in [5, 5.41) is 3.04. The van der Waals surface area contributed by atoms with E-state index in [4.69, 9.17) is 4.74 Å². The van der Waals surface area contributed by atoms with E-state index in [1.807, 2.05) is 0 Å². The molecule has 120 valence electrons. The van der Waals surface area contributed by atoms with Crippen LogP contribution in [0.5, 0.6) is 0 Å². The number of H-pyrrole nitrogens is 1. The number of amides is 1. The predicted molar refractivity (Wildman–Crippen MR) is 88.2 cm³/mol. The molecule has 0 bridgehead atoms. The number of rotatable bonds is 1. The van der Waals surface area contributed by atoms with Crippen molar-refractivity contribution in [3.63, 3.8) is 0 Å². The summed E-state index contributed by atoms with van der Waals surface area (Å²) in [5.74, 6) is 6.29. The van der Waals surface area contributed by atoms with Gasteiger partial charge in [0.2, 0.25) is 0 Å². The number of fused-ring (bicyclic) bond motifs is 1. The van der Waals surface area contributed by atoms with E-state index in [0.717, 1.165) is 0 Å². The van der Waals surface area contributed by atoms with E-state index in [2.05, 4.69) is 27.1 Å². The fraction of sp³-hybridized carbons (Fsp3) is 0.353. The molecule has 6 nitrogen and oxygen atoms in total. The van der Waals surface area contributed by atoms with Crippen molar-refractivity contribution in [3.8, 4) is 11.8 Å². The third-order valence-corrected chi connectivity index (χ3v) is 2.78. The molecule has 0 saturated heterocycles. The summed E-state index contributed by atoms with van der Waals surface area (Å²) in [7, 11) is 0. The zero-order valence-electron chi connectivity index (χ0n) is 13.6. The Morgan fingerprint density at radius 1 is 1.39 bits per heavy atom. The van der Waals surface area contributed by atoms with Crippen LogP contribution in [0, 0.1) is 18.8 Å². The average Bonchev–Trinajstić information content (AvgIpc) is 2.42. The number of carbonyl (C=O) groups is 1. The number of nitrogens with zero attached hydrogens (tertiary/aromatic N) is 1. The van der Waals surface area contributed by atoms with Gasteiger partial charge in [0.1, 0.15) is 11.4 Å². The molecule has 0 fully saturated rings. The summed E-state index contributed by atoms with van der Waals surface area (Å²) in [6, 6.07) is 5.22. The number of aromatic nitrogens is 2. The van der Waals surface area contributed by atoms with Crippen molar-refractivity contribution in [3.05, 3.63) is 39.9 Å². The van der Waals surface area contributed by atoms with Gasteiger partial charge in [-0.05, 0) is 45.9 Å². The van der Waals surface area contributed by atoms with E-state index in [-0.39, 0.29) is 12.1 Å². The second kappa shape index (κ2) is 6.53. The highest BCUT2D eigenvalue weighted by Gasteiger charge is 2.14. The Kier molecular flexibility index (Phi) is 4.70. The standard InChI is InChI=1S/C17H19N3O3/c1-11-19-14-8-7-12(10-13(14)15(21)20-11)6-5-9-18-16(22)23-17(2,3)4/h7-8,10H,9H2,1-4H3,(H,18,22)(H,19,20,21). The van der Waals surface area contributed by atoms with Crippen molar-refractivity contribution in [2.75, 3.05) is 6.54 Å². The Balaban J connectivity index is 2.06. The summed E-state index contributed by atoms with van der Waals surface area (Å²) in [6.45, 7) is 7.27. The summed E-state index contributed by atoms with van der Waals surface area (Å²) >= 11 is 0. The molecule has 1 amide bonds. The molecule has 0 unspecified atom stereocenters. The van der Waals surface area contributed by atoms with Crippen molar-refractivity contribution in [2.24, 2.45) is 0 Å². The van der Waals surface area contributed by atoms with Crippen LogP contribution in [0.4, 0.5) is 4.79 Å². The SMILES string of the molecule is Cc1nc2ccc(C#CCNC(=O)OC(C)(C)C)cc2c(=O)[nH]1. The highest BCUT2D eigenvalue weighted by molar-refractivity contribution is 5.79. The van der Waals surface area contributed by atoms with Crippen molar-refractivity contribution in [2.45, 2.75) is 33.3 Å². The maximum Gasteiger partial charge on any atom is 0.408 e. The molecule has 0 radical (unpaired) electrons. The third kappa shape index (κ3) is 4.85. The van der Waals surface area contributed by atoms with E-state index in [0.29, 0.717) is 22.3 Å². The zero-order valence-corrected chi connectivity index (χ0v) is 13.6. The van der Waals surface area contributed by atoms with Gasteiger partial charge in [-0.15, -0.1) is 0 Å². The lowest BCUT2D eigenvalue weighted by atomic mass is 10.1. The van der Waals surface area contributed by atoms with E-state index < -0.39 is 11.7 Å². The fourth-order valence-corrected chi connectivity index (χ4v) is 1.91. The quantitative estimate of drug-likeness (QED) is 0.790. The first kappa shape index (κ1) is 16.6. The lowest BCUT2D eigenvalue weighted by Gasteiger charge is -2.18. The number of nitrogens with one attached hydrogen (secondary N) is 2. The zero-order chi connectivity index (χ0) is 17.0. The number of carbonyl (C=O) groups excluding carboxylic acids is 1. The van der Waals surface area contributed by atoms with Gasteiger partial charge in [0.25, 0.3) is 5.56 Å².